The van der Waals surface area contributed by atoms with E-state index in [2.05, 4.69) is 17.0 Å². The molecule has 1 aromatic rings. The molecule has 0 unspecified atom stereocenters. The summed E-state index contributed by atoms with van der Waals surface area (Å²) in [5.74, 6) is 0. The molecule has 80 valence electrons. The third-order valence-corrected chi connectivity index (χ3v) is 3.50. The maximum atomic E-state index is 5.66. The minimum absolute atomic E-state index is 0.460. The van der Waals surface area contributed by atoms with Gasteiger partial charge in [0, 0.05) is 36.5 Å². The monoisotopic (exact) mass is 204 g/mol. The predicted octanol–water partition coefficient (Wildman–Crippen LogP) is 1.50. The second-order valence-electron chi connectivity index (χ2n) is 4.75. The predicted molar refractivity (Wildman–Crippen MR) is 60.9 cm³/mol. The van der Waals surface area contributed by atoms with Crippen LogP contribution in [0.5, 0.6) is 0 Å². The van der Waals surface area contributed by atoms with E-state index in [4.69, 9.17) is 10.5 Å². The Morgan fingerprint density at radius 1 is 1.20 bits per heavy atom. The van der Waals surface area contributed by atoms with Crippen LogP contribution in [0.1, 0.15) is 6.42 Å². The molecule has 2 aliphatic heterocycles. The van der Waals surface area contributed by atoms with E-state index in [0.29, 0.717) is 5.41 Å². The number of hydrogen-bond acceptors (Lipinski definition) is 3. The number of nitrogens with zero attached hydrogens (tertiary/aromatic N) is 1. The van der Waals surface area contributed by atoms with Gasteiger partial charge in [-0.05, 0) is 30.7 Å². The number of ether oxygens (including phenoxy) is 1. The SMILES string of the molecule is Nc1ccc(N2CC3(CCOC3)C2)cc1. The summed E-state index contributed by atoms with van der Waals surface area (Å²) in [7, 11) is 0. The van der Waals surface area contributed by atoms with Crippen LogP contribution in [0, 0.1) is 5.41 Å². The van der Waals surface area contributed by atoms with E-state index in [1.165, 1.54) is 12.1 Å². The Balaban J connectivity index is 1.69. The molecule has 1 spiro atoms. The smallest absolute Gasteiger partial charge is 0.0557 e. The number of nitrogen functional groups attached to an aromatic ring is 1. The van der Waals surface area contributed by atoms with Gasteiger partial charge in [-0.3, -0.25) is 0 Å². The van der Waals surface area contributed by atoms with Crippen molar-refractivity contribution in [1.29, 1.82) is 0 Å². The molecule has 0 amide bonds. The van der Waals surface area contributed by atoms with Crippen LogP contribution in [0.2, 0.25) is 0 Å². The number of anilines is 2. The molecule has 0 aliphatic carbocycles. The van der Waals surface area contributed by atoms with Crippen LogP contribution in [-0.4, -0.2) is 26.3 Å². The first-order valence-corrected chi connectivity index (χ1v) is 5.46. The molecule has 2 fully saturated rings. The van der Waals surface area contributed by atoms with Gasteiger partial charge in [-0.15, -0.1) is 0 Å². The Morgan fingerprint density at radius 2 is 1.93 bits per heavy atom. The van der Waals surface area contributed by atoms with Gasteiger partial charge in [0.25, 0.3) is 0 Å². The van der Waals surface area contributed by atoms with Crippen molar-refractivity contribution in [3.05, 3.63) is 24.3 Å². The molecule has 15 heavy (non-hydrogen) atoms. The maximum Gasteiger partial charge on any atom is 0.0557 e. The van der Waals surface area contributed by atoms with Crippen LogP contribution in [0.25, 0.3) is 0 Å². The molecule has 3 rings (SSSR count). The molecule has 0 bridgehead atoms. The van der Waals surface area contributed by atoms with Gasteiger partial charge < -0.3 is 15.4 Å². The summed E-state index contributed by atoms with van der Waals surface area (Å²) in [4.78, 5) is 2.40. The fourth-order valence-electron chi connectivity index (χ4n) is 2.53. The lowest BCUT2D eigenvalue weighted by molar-refractivity contribution is 0.131. The standard InChI is InChI=1S/C12H16N2O/c13-10-1-3-11(4-2-10)14-7-12(8-14)5-6-15-9-12/h1-4H,5-9,13H2. The zero-order valence-electron chi connectivity index (χ0n) is 8.78. The van der Waals surface area contributed by atoms with Crippen LogP contribution >= 0.6 is 0 Å². The van der Waals surface area contributed by atoms with E-state index in [0.717, 1.165) is 32.0 Å². The van der Waals surface area contributed by atoms with Gasteiger partial charge in [-0.25, -0.2) is 0 Å². The molecule has 0 atom stereocenters. The van der Waals surface area contributed by atoms with Crippen molar-refractivity contribution in [2.75, 3.05) is 36.9 Å². The van der Waals surface area contributed by atoms with E-state index in [-0.39, 0.29) is 0 Å². The molecule has 0 saturated carbocycles. The minimum atomic E-state index is 0.460. The van der Waals surface area contributed by atoms with Gasteiger partial charge in [0.2, 0.25) is 0 Å². The molecule has 0 aromatic heterocycles. The normalized spacial score (nSPS) is 23.1. The Morgan fingerprint density at radius 3 is 2.53 bits per heavy atom. The first-order valence-electron chi connectivity index (χ1n) is 5.46. The van der Waals surface area contributed by atoms with Crippen LogP contribution in [0.15, 0.2) is 24.3 Å². The largest absolute Gasteiger partial charge is 0.399 e. The van der Waals surface area contributed by atoms with E-state index < -0.39 is 0 Å². The van der Waals surface area contributed by atoms with Crippen molar-refractivity contribution in [2.45, 2.75) is 6.42 Å². The molecule has 2 aliphatic rings. The summed E-state index contributed by atoms with van der Waals surface area (Å²) in [6.45, 7) is 4.15. The van der Waals surface area contributed by atoms with Gasteiger partial charge in [-0.2, -0.15) is 0 Å². The molecular formula is C12H16N2O. The molecule has 0 radical (unpaired) electrons. The lowest BCUT2D eigenvalue weighted by Crippen LogP contribution is -2.56. The van der Waals surface area contributed by atoms with Crippen molar-refractivity contribution in [3.63, 3.8) is 0 Å². The highest BCUT2D eigenvalue weighted by atomic mass is 16.5. The number of hydrogen-bond donors (Lipinski definition) is 1. The lowest BCUT2D eigenvalue weighted by Gasteiger charge is -2.48. The molecule has 2 N–H and O–H groups in total. The average molecular weight is 204 g/mol. The highest BCUT2D eigenvalue weighted by Crippen LogP contribution is 2.40. The topological polar surface area (TPSA) is 38.5 Å². The highest BCUT2D eigenvalue weighted by Gasteiger charge is 2.45. The van der Waals surface area contributed by atoms with Gasteiger partial charge in [0.1, 0.15) is 0 Å². The Bertz CT molecular complexity index is 346. The van der Waals surface area contributed by atoms with Crippen molar-refractivity contribution >= 4 is 11.4 Å². The second-order valence-corrected chi connectivity index (χ2v) is 4.75. The summed E-state index contributed by atoms with van der Waals surface area (Å²) in [6.07, 6.45) is 1.22. The Kier molecular flexibility index (Phi) is 1.89. The number of rotatable bonds is 1. The van der Waals surface area contributed by atoms with Crippen LogP contribution < -0.4 is 10.6 Å². The molecule has 3 heteroatoms. The van der Waals surface area contributed by atoms with Gasteiger partial charge >= 0.3 is 0 Å². The quantitative estimate of drug-likeness (QED) is 0.704. The summed E-state index contributed by atoms with van der Waals surface area (Å²) < 4.78 is 5.46. The number of benzene rings is 1. The third-order valence-electron chi connectivity index (χ3n) is 3.50. The van der Waals surface area contributed by atoms with Crippen LogP contribution in [0.3, 0.4) is 0 Å². The first-order chi connectivity index (χ1) is 7.27. The summed E-state index contributed by atoms with van der Waals surface area (Å²) >= 11 is 0. The first kappa shape index (κ1) is 9.04. The molecule has 2 saturated heterocycles. The maximum absolute atomic E-state index is 5.66. The van der Waals surface area contributed by atoms with Gasteiger partial charge in [0.05, 0.1) is 6.61 Å². The zero-order valence-corrected chi connectivity index (χ0v) is 8.78. The molecule has 3 nitrogen and oxygen atoms in total. The van der Waals surface area contributed by atoms with Gasteiger partial charge in [-0.1, -0.05) is 0 Å². The van der Waals surface area contributed by atoms with E-state index in [9.17, 15) is 0 Å². The van der Waals surface area contributed by atoms with Crippen molar-refractivity contribution < 1.29 is 4.74 Å². The second kappa shape index (κ2) is 3.14. The van der Waals surface area contributed by atoms with Crippen molar-refractivity contribution in [1.82, 2.24) is 0 Å². The van der Waals surface area contributed by atoms with Gasteiger partial charge in [0.15, 0.2) is 0 Å². The zero-order chi connectivity index (χ0) is 10.3. The van der Waals surface area contributed by atoms with E-state index >= 15 is 0 Å². The van der Waals surface area contributed by atoms with Crippen molar-refractivity contribution in [2.24, 2.45) is 5.41 Å². The van der Waals surface area contributed by atoms with E-state index in [1.807, 2.05) is 12.1 Å². The summed E-state index contributed by atoms with van der Waals surface area (Å²) in [5, 5.41) is 0. The minimum Gasteiger partial charge on any atom is -0.399 e. The number of nitrogens with two attached hydrogens (primary N) is 1. The fourth-order valence-corrected chi connectivity index (χ4v) is 2.53. The molecule has 1 aromatic carbocycles. The average Bonchev–Trinajstić information content (AvgIpc) is 2.66. The molecular weight excluding hydrogens is 188 g/mol. The highest BCUT2D eigenvalue weighted by molar-refractivity contribution is 5.55. The lowest BCUT2D eigenvalue weighted by atomic mass is 9.79. The van der Waals surface area contributed by atoms with Crippen LogP contribution in [0.4, 0.5) is 11.4 Å². The fraction of sp³-hybridized carbons (Fsp3) is 0.500. The Labute approximate surface area is 89.8 Å². The van der Waals surface area contributed by atoms with Crippen molar-refractivity contribution in [3.8, 4) is 0 Å². The van der Waals surface area contributed by atoms with E-state index in [1.54, 1.807) is 0 Å². The molecule has 2 heterocycles. The summed E-state index contributed by atoms with van der Waals surface area (Å²) in [6, 6.07) is 8.12. The van der Waals surface area contributed by atoms with Crippen LogP contribution in [-0.2, 0) is 4.74 Å². The third kappa shape index (κ3) is 1.47. The summed E-state index contributed by atoms with van der Waals surface area (Å²) in [5.41, 5.74) is 8.23. The Hall–Kier alpha value is -1.22.